The Labute approximate surface area is 104 Å². The molecule has 1 amide bonds. The molecule has 17 heavy (non-hydrogen) atoms. The van der Waals surface area contributed by atoms with Crippen molar-refractivity contribution in [1.82, 2.24) is 5.32 Å². The van der Waals surface area contributed by atoms with Gasteiger partial charge in [-0.25, -0.2) is 0 Å². The van der Waals surface area contributed by atoms with E-state index in [4.69, 9.17) is 5.73 Å². The second-order valence-corrected chi connectivity index (χ2v) is 5.12. The van der Waals surface area contributed by atoms with E-state index in [1.165, 1.54) is 0 Å². The fraction of sp³-hybridized carbons (Fsp3) is 0.923. The molecule has 0 aliphatic heterocycles. The Morgan fingerprint density at radius 3 is 2.41 bits per heavy atom. The van der Waals surface area contributed by atoms with E-state index < -0.39 is 11.5 Å². The number of hydrogen-bond acceptors (Lipinski definition) is 3. The predicted octanol–water partition coefficient (Wildman–Crippen LogP) is 1.17. The lowest BCUT2D eigenvalue weighted by atomic mass is 9.80. The highest BCUT2D eigenvalue weighted by Gasteiger charge is 2.36. The SMILES string of the molecule is CCC(CC)(CN)C(=O)NC1CCCCC1O. The van der Waals surface area contributed by atoms with Gasteiger partial charge in [0.25, 0.3) is 0 Å². The molecule has 0 heterocycles. The minimum absolute atomic E-state index is 0.0101. The molecule has 1 saturated carbocycles. The maximum Gasteiger partial charge on any atom is 0.227 e. The monoisotopic (exact) mass is 242 g/mol. The van der Waals surface area contributed by atoms with Gasteiger partial charge in [-0.3, -0.25) is 4.79 Å². The fourth-order valence-electron chi connectivity index (χ4n) is 2.55. The molecule has 100 valence electrons. The molecule has 4 N–H and O–H groups in total. The molecule has 4 nitrogen and oxygen atoms in total. The maximum absolute atomic E-state index is 12.3. The van der Waals surface area contributed by atoms with Crippen LogP contribution in [0.2, 0.25) is 0 Å². The van der Waals surface area contributed by atoms with Crippen molar-refractivity contribution in [3.05, 3.63) is 0 Å². The molecule has 0 spiro atoms. The van der Waals surface area contributed by atoms with Gasteiger partial charge in [-0.05, 0) is 25.7 Å². The van der Waals surface area contributed by atoms with Gasteiger partial charge in [0.15, 0.2) is 0 Å². The van der Waals surface area contributed by atoms with E-state index in [9.17, 15) is 9.90 Å². The van der Waals surface area contributed by atoms with Crippen molar-refractivity contribution in [2.24, 2.45) is 11.1 Å². The molecule has 4 heteroatoms. The summed E-state index contributed by atoms with van der Waals surface area (Å²) >= 11 is 0. The van der Waals surface area contributed by atoms with Crippen LogP contribution in [0.3, 0.4) is 0 Å². The van der Waals surface area contributed by atoms with Gasteiger partial charge < -0.3 is 16.2 Å². The molecular weight excluding hydrogens is 216 g/mol. The Balaban J connectivity index is 2.63. The summed E-state index contributed by atoms with van der Waals surface area (Å²) in [6.07, 6.45) is 4.90. The first kappa shape index (κ1) is 14.5. The number of carbonyl (C=O) groups excluding carboxylic acids is 1. The molecule has 2 atom stereocenters. The van der Waals surface area contributed by atoms with Crippen LogP contribution in [0.5, 0.6) is 0 Å². The molecule has 0 bridgehead atoms. The number of hydrogen-bond donors (Lipinski definition) is 3. The van der Waals surface area contributed by atoms with E-state index in [0.717, 1.165) is 38.5 Å². The van der Waals surface area contributed by atoms with Gasteiger partial charge in [0.05, 0.1) is 17.6 Å². The quantitative estimate of drug-likeness (QED) is 0.677. The average Bonchev–Trinajstić information content (AvgIpc) is 2.35. The smallest absolute Gasteiger partial charge is 0.227 e. The van der Waals surface area contributed by atoms with Crippen LogP contribution in [0.4, 0.5) is 0 Å². The molecule has 1 fully saturated rings. The van der Waals surface area contributed by atoms with Gasteiger partial charge in [0.1, 0.15) is 0 Å². The molecule has 0 aromatic rings. The van der Waals surface area contributed by atoms with Crippen LogP contribution in [-0.2, 0) is 4.79 Å². The van der Waals surface area contributed by atoms with Gasteiger partial charge >= 0.3 is 0 Å². The van der Waals surface area contributed by atoms with Crippen molar-refractivity contribution in [1.29, 1.82) is 0 Å². The zero-order valence-electron chi connectivity index (χ0n) is 11.0. The summed E-state index contributed by atoms with van der Waals surface area (Å²) in [7, 11) is 0. The molecule has 0 saturated heterocycles. The first-order valence-electron chi connectivity index (χ1n) is 6.78. The Morgan fingerprint density at radius 1 is 1.35 bits per heavy atom. The van der Waals surface area contributed by atoms with Crippen LogP contribution < -0.4 is 11.1 Å². The highest BCUT2D eigenvalue weighted by atomic mass is 16.3. The topological polar surface area (TPSA) is 75.4 Å². The number of nitrogens with one attached hydrogen (secondary N) is 1. The number of aliphatic hydroxyl groups is 1. The van der Waals surface area contributed by atoms with Crippen molar-refractivity contribution in [2.75, 3.05) is 6.54 Å². The standard InChI is InChI=1S/C13H26N2O2/c1-3-13(4-2,9-14)12(17)15-10-7-5-6-8-11(10)16/h10-11,16H,3-9,14H2,1-2H3,(H,15,17). The third-order valence-corrected chi connectivity index (χ3v) is 4.27. The number of rotatable bonds is 5. The number of carbonyl (C=O) groups is 1. The Bertz CT molecular complexity index is 244. The lowest BCUT2D eigenvalue weighted by molar-refractivity contribution is -0.133. The van der Waals surface area contributed by atoms with Gasteiger partial charge in [-0.15, -0.1) is 0 Å². The molecule has 1 aliphatic rings. The van der Waals surface area contributed by atoms with E-state index in [1.807, 2.05) is 13.8 Å². The number of nitrogens with two attached hydrogens (primary N) is 1. The van der Waals surface area contributed by atoms with Crippen molar-refractivity contribution in [2.45, 2.75) is 64.5 Å². The van der Waals surface area contributed by atoms with Crippen molar-refractivity contribution in [3.63, 3.8) is 0 Å². The van der Waals surface area contributed by atoms with Gasteiger partial charge in [-0.2, -0.15) is 0 Å². The summed E-state index contributed by atoms with van der Waals surface area (Å²) in [5, 5.41) is 12.8. The van der Waals surface area contributed by atoms with Crippen LogP contribution in [0.1, 0.15) is 52.4 Å². The molecule has 0 aromatic carbocycles. The minimum Gasteiger partial charge on any atom is -0.391 e. The summed E-state index contributed by atoms with van der Waals surface area (Å²) in [5.41, 5.74) is 5.29. The van der Waals surface area contributed by atoms with Crippen LogP contribution >= 0.6 is 0 Å². The minimum atomic E-state index is -0.461. The van der Waals surface area contributed by atoms with Crippen LogP contribution in [0, 0.1) is 5.41 Å². The molecule has 1 rings (SSSR count). The molecule has 0 aromatic heterocycles. The van der Waals surface area contributed by atoms with E-state index in [2.05, 4.69) is 5.32 Å². The highest BCUT2D eigenvalue weighted by Crippen LogP contribution is 2.26. The van der Waals surface area contributed by atoms with Gasteiger partial charge in [-0.1, -0.05) is 26.7 Å². The van der Waals surface area contributed by atoms with E-state index in [0.29, 0.717) is 6.54 Å². The zero-order valence-corrected chi connectivity index (χ0v) is 11.0. The predicted molar refractivity (Wildman–Crippen MR) is 68.5 cm³/mol. The maximum atomic E-state index is 12.3. The lowest BCUT2D eigenvalue weighted by Crippen LogP contribution is -2.52. The third kappa shape index (κ3) is 3.19. The Kier molecular flexibility index (Phi) is 5.40. The Morgan fingerprint density at radius 2 is 1.94 bits per heavy atom. The summed E-state index contributed by atoms with van der Waals surface area (Å²) < 4.78 is 0. The molecular formula is C13H26N2O2. The average molecular weight is 242 g/mol. The molecule has 0 radical (unpaired) electrons. The van der Waals surface area contributed by atoms with E-state index >= 15 is 0 Å². The fourth-order valence-corrected chi connectivity index (χ4v) is 2.55. The van der Waals surface area contributed by atoms with Crippen LogP contribution in [-0.4, -0.2) is 29.7 Å². The van der Waals surface area contributed by atoms with Crippen molar-refractivity contribution in [3.8, 4) is 0 Å². The van der Waals surface area contributed by atoms with Crippen molar-refractivity contribution >= 4 is 5.91 Å². The molecule has 2 unspecified atom stereocenters. The van der Waals surface area contributed by atoms with Crippen LogP contribution in [0.25, 0.3) is 0 Å². The van der Waals surface area contributed by atoms with Crippen LogP contribution in [0.15, 0.2) is 0 Å². The normalized spacial score (nSPS) is 25.6. The summed E-state index contributed by atoms with van der Waals surface area (Å²) in [6, 6.07) is -0.0831. The first-order chi connectivity index (χ1) is 8.09. The first-order valence-corrected chi connectivity index (χ1v) is 6.78. The Hall–Kier alpha value is -0.610. The van der Waals surface area contributed by atoms with Crippen molar-refractivity contribution < 1.29 is 9.90 Å². The third-order valence-electron chi connectivity index (χ3n) is 4.27. The largest absolute Gasteiger partial charge is 0.391 e. The summed E-state index contributed by atoms with van der Waals surface area (Å²) in [4.78, 5) is 12.3. The van der Waals surface area contributed by atoms with E-state index in [1.54, 1.807) is 0 Å². The number of amides is 1. The highest BCUT2D eigenvalue weighted by molar-refractivity contribution is 5.83. The zero-order chi connectivity index (χ0) is 12.9. The van der Waals surface area contributed by atoms with Gasteiger partial charge in [0, 0.05) is 6.54 Å². The second kappa shape index (κ2) is 6.36. The number of aliphatic hydroxyl groups excluding tert-OH is 1. The lowest BCUT2D eigenvalue weighted by Gasteiger charge is -2.34. The summed E-state index contributed by atoms with van der Waals surface area (Å²) in [6.45, 7) is 4.36. The van der Waals surface area contributed by atoms with Gasteiger partial charge in [0.2, 0.25) is 5.91 Å². The second-order valence-electron chi connectivity index (χ2n) is 5.12. The summed E-state index contributed by atoms with van der Waals surface area (Å²) in [5.74, 6) is 0.0101. The molecule has 1 aliphatic carbocycles. The van der Waals surface area contributed by atoms with E-state index in [-0.39, 0.29) is 11.9 Å².